The first-order valence-electron chi connectivity index (χ1n) is 14.7. The van der Waals surface area contributed by atoms with Gasteiger partial charge >= 0.3 is 0 Å². The highest BCUT2D eigenvalue weighted by atomic mass is 16.2. The molecular weight excluding hydrogens is 498 g/mol. The van der Waals surface area contributed by atoms with Crippen LogP contribution in [0, 0.1) is 5.41 Å². The summed E-state index contributed by atoms with van der Waals surface area (Å²) < 4.78 is 0. The minimum atomic E-state index is -0.0128. The van der Waals surface area contributed by atoms with Crippen molar-refractivity contribution in [3.63, 3.8) is 0 Å². The largest absolute Gasteiger partial charge is 0.349 e. The summed E-state index contributed by atoms with van der Waals surface area (Å²) in [5, 5.41) is 11.2. The van der Waals surface area contributed by atoms with Crippen molar-refractivity contribution in [2.75, 3.05) is 14.1 Å². The molecule has 3 aromatic rings. The Balaban J connectivity index is 1.08. The van der Waals surface area contributed by atoms with Gasteiger partial charge < -0.3 is 15.1 Å². The number of nitrogens with zero attached hydrogens (tertiary/aromatic N) is 3. The first-order valence-corrected chi connectivity index (χ1v) is 14.7. The normalized spacial score (nSPS) is 21.8. The molecule has 7 heteroatoms. The molecule has 6 rings (SSSR count). The molecule has 2 heterocycles. The van der Waals surface area contributed by atoms with Crippen LogP contribution in [0.15, 0.2) is 42.5 Å². The number of hydrogen-bond donors (Lipinski definition) is 2. The summed E-state index contributed by atoms with van der Waals surface area (Å²) in [7, 11) is 4.26. The van der Waals surface area contributed by atoms with Crippen molar-refractivity contribution < 1.29 is 9.59 Å². The zero-order chi connectivity index (χ0) is 28.0. The number of fused-ring (bicyclic) bond motifs is 2. The van der Waals surface area contributed by atoms with Crippen LogP contribution in [0.25, 0.3) is 11.3 Å². The standard InChI is InChI=1S/C33H41N5O2/c1-33(2)16-15-28-29(18-33)35-36-30(28)23-9-14-27-24(17-23)20-38(32(27)40)19-21-5-7-22(8-6-21)31(39)34-25-10-12-26(13-11-25)37(3)4/h5-9,14,17,25-26H,10-13,15-16,18-20H2,1-4H3,(H,34,39)(H,35,36). The van der Waals surface area contributed by atoms with Gasteiger partial charge in [0, 0.05) is 53.1 Å². The van der Waals surface area contributed by atoms with Gasteiger partial charge in [-0.05, 0) is 99.8 Å². The Labute approximate surface area is 237 Å². The molecule has 0 radical (unpaired) electrons. The summed E-state index contributed by atoms with van der Waals surface area (Å²) in [6.07, 6.45) is 7.48. The fourth-order valence-corrected chi connectivity index (χ4v) is 6.73. The lowest BCUT2D eigenvalue weighted by molar-refractivity contribution is 0.0766. The third-order valence-electron chi connectivity index (χ3n) is 9.27. The third-order valence-corrected chi connectivity index (χ3v) is 9.27. The number of hydrogen-bond acceptors (Lipinski definition) is 4. The maximum absolute atomic E-state index is 13.2. The van der Waals surface area contributed by atoms with Crippen LogP contribution in [0.2, 0.25) is 0 Å². The third kappa shape index (κ3) is 5.31. The Hall–Kier alpha value is -3.45. The van der Waals surface area contributed by atoms with Crippen molar-refractivity contribution in [2.24, 2.45) is 5.41 Å². The molecule has 2 aromatic carbocycles. The molecule has 1 saturated carbocycles. The van der Waals surface area contributed by atoms with Gasteiger partial charge in [0.05, 0.1) is 5.69 Å². The number of aromatic nitrogens is 2. The van der Waals surface area contributed by atoms with Crippen LogP contribution in [0.5, 0.6) is 0 Å². The molecule has 0 bridgehead atoms. The van der Waals surface area contributed by atoms with Crippen molar-refractivity contribution in [3.8, 4) is 11.3 Å². The predicted octanol–water partition coefficient (Wildman–Crippen LogP) is 5.35. The van der Waals surface area contributed by atoms with E-state index in [0.29, 0.717) is 30.1 Å². The number of benzene rings is 2. The van der Waals surface area contributed by atoms with Crippen molar-refractivity contribution in [3.05, 3.63) is 76.0 Å². The lowest BCUT2D eigenvalue weighted by Gasteiger charge is -2.33. The van der Waals surface area contributed by atoms with Gasteiger partial charge in [-0.25, -0.2) is 0 Å². The Morgan fingerprint density at radius 2 is 1.85 bits per heavy atom. The van der Waals surface area contributed by atoms with Crippen LogP contribution in [-0.2, 0) is 25.9 Å². The molecule has 1 aromatic heterocycles. The number of nitrogens with one attached hydrogen (secondary N) is 2. The highest BCUT2D eigenvalue weighted by Crippen LogP contribution is 2.38. The topological polar surface area (TPSA) is 81.3 Å². The molecule has 0 atom stereocenters. The maximum Gasteiger partial charge on any atom is 0.254 e. The first-order chi connectivity index (χ1) is 19.2. The van der Waals surface area contributed by atoms with Gasteiger partial charge in [-0.3, -0.25) is 14.7 Å². The van der Waals surface area contributed by atoms with Crippen LogP contribution in [0.3, 0.4) is 0 Å². The summed E-state index contributed by atoms with van der Waals surface area (Å²) in [5.74, 6) is 0.0451. The molecule has 0 saturated heterocycles. The second kappa shape index (κ2) is 10.5. The molecule has 0 unspecified atom stereocenters. The van der Waals surface area contributed by atoms with Gasteiger partial charge in [-0.2, -0.15) is 5.10 Å². The van der Waals surface area contributed by atoms with Crippen LogP contribution in [-0.4, -0.2) is 58.0 Å². The lowest BCUT2D eigenvalue weighted by Crippen LogP contribution is -2.41. The Morgan fingerprint density at radius 3 is 2.58 bits per heavy atom. The Kier molecular flexibility index (Phi) is 7.03. The van der Waals surface area contributed by atoms with E-state index in [1.165, 1.54) is 11.3 Å². The van der Waals surface area contributed by atoms with Crippen LogP contribution >= 0.6 is 0 Å². The fraction of sp³-hybridized carbons (Fsp3) is 0.485. The zero-order valence-electron chi connectivity index (χ0n) is 24.2. The average molecular weight is 540 g/mol. The molecule has 7 nitrogen and oxygen atoms in total. The van der Waals surface area contributed by atoms with Gasteiger partial charge in [0.2, 0.25) is 0 Å². The van der Waals surface area contributed by atoms with Gasteiger partial charge in [0.25, 0.3) is 11.8 Å². The molecule has 40 heavy (non-hydrogen) atoms. The molecule has 2 amide bonds. The number of carbonyl (C=O) groups excluding carboxylic acids is 2. The summed E-state index contributed by atoms with van der Waals surface area (Å²) in [4.78, 5) is 30.2. The molecule has 2 aliphatic carbocycles. The number of rotatable bonds is 6. The molecular formula is C33H41N5O2. The van der Waals surface area contributed by atoms with Crippen molar-refractivity contribution in [1.82, 2.24) is 25.3 Å². The van der Waals surface area contributed by atoms with Gasteiger partial charge in [0.1, 0.15) is 0 Å². The molecule has 2 N–H and O–H groups in total. The molecule has 0 spiro atoms. The van der Waals surface area contributed by atoms with E-state index >= 15 is 0 Å². The van der Waals surface area contributed by atoms with Crippen LogP contribution in [0.4, 0.5) is 0 Å². The van der Waals surface area contributed by atoms with E-state index in [9.17, 15) is 9.59 Å². The average Bonchev–Trinajstić information content (AvgIpc) is 3.48. The summed E-state index contributed by atoms with van der Waals surface area (Å²) >= 11 is 0. The van der Waals surface area contributed by atoms with E-state index in [1.54, 1.807) is 0 Å². The zero-order valence-corrected chi connectivity index (χ0v) is 24.2. The highest BCUT2D eigenvalue weighted by molar-refractivity contribution is 5.99. The summed E-state index contributed by atoms with van der Waals surface area (Å²) in [5.41, 5.74) is 8.50. The minimum Gasteiger partial charge on any atom is -0.349 e. The van der Waals surface area contributed by atoms with Gasteiger partial charge in [0.15, 0.2) is 0 Å². The molecule has 1 fully saturated rings. The molecule has 3 aliphatic rings. The maximum atomic E-state index is 13.2. The van der Waals surface area contributed by atoms with E-state index in [1.807, 2.05) is 41.3 Å². The number of amides is 2. The van der Waals surface area contributed by atoms with E-state index in [2.05, 4.69) is 54.4 Å². The van der Waals surface area contributed by atoms with Crippen molar-refractivity contribution >= 4 is 11.8 Å². The summed E-state index contributed by atoms with van der Waals surface area (Å²) in [6.45, 7) is 5.73. The Morgan fingerprint density at radius 1 is 1.10 bits per heavy atom. The Bertz CT molecular complexity index is 1410. The van der Waals surface area contributed by atoms with Crippen LogP contribution < -0.4 is 5.32 Å². The van der Waals surface area contributed by atoms with Gasteiger partial charge in [-0.1, -0.05) is 32.0 Å². The van der Waals surface area contributed by atoms with Gasteiger partial charge in [-0.15, -0.1) is 0 Å². The van der Waals surface area contributed by atoms with Crippen molar-refractivity contribution in [2.45, 2.75) is 84.0 Å². The van der Waals surface area contributed by atoms with Crippen molar-refractivity contribution in [1.29, 1.82) is 0 Å². The SMILES string of the molecule is CN(C)C1CCC(NC(=O)c2ccc(CN3Cc4cc(-c5n[nH]c6c5CCC(C)(C)C6)ccc4C3=O)cc2)CC1. The quantitative estimate of drug-likeness (QED) is 0.443. The number of H-pyrrole nitrogens is 1. The lowest BCUT2D eigenvalue weighted by atomic mass is 9.76. The smallest absolute Gasteiger partial charge is 0.254 e. The highest BCUT2D eigenvalue weighted by Gasteiger charge is 2.31. The number of carbonyl (C=O) groups is 2. The van der Waals surface area contributed by atoms with E-state index < -0.39 is 0 Å². The van der Waals surface area contributed by atoms with Crippen LogP contribution in [0.1, 0.15) is 89.1 Å². The summed E-state index contributed by atoms with van der Waals surface area (Å²) in [6, 6.07) is 14.7. The van der Waals surface area contributed by atoms with E-state index in [-0.39, 0.29) is 17.9 Å². The first kappa shape index (κ1) is 26.8. The molecule has 1 aliphatic heterocycles. The van der Waals surface area contributed by atoms with E-state index in [4.69, 9.17) is 0 Å². The second-order valence-electron chi connectivity index (χ2n) is 13.0. The van der Waals surface area contributed by atoms with E-state index in [0.717, 1.165) is 72.9 Å². The predicted molar refractivity (Wildman–Crippen MR) is 157 cm³/mol. The second-order valence-corrected chi connectivity index (χ2v) is 13.0. The minimum absolute atomic E-state index is 0.0128. The number of aromatic amines is 1. The monoisotopic (exact) mass is 539 g/mol. The fourth-order valence-electron chi connectivity index (χ4n) is 6.73. The molecule has 210 valence electrons.